The lowest BCUT2D eigenvalue weighted by Crippen LogP contribution is -2.35. The van der Waals surface area contributed by atoms with Crippen molar-refractivity contribution in [2.24, 2.45) is 0 Å². The highest BCUT2D eigenvalue weighted by Crippen LogP contribution is 2.22. The van der Waals surface area contributed by atoms with E-state index in [4.69, 9.17) is 9.47 Å². The summed E-state index contributed by atoms with van der Waals surface area (Å²) in [5.74, 6) is 1.54. The van der Waals surface area contributed by atoms with E-state index in [1.807, 2.05) is 31.2 Å². The highest BCUT2D eigenvalue weighted by Gasteiger charge is 2.26. The van der Waals surface area contributed by atoms with Crippen molar-refractivity contribution in [3.63, 3.8) is 0 Å². The van der Waals surface area contributed by atoms with Gasteiger partial charge in [-0.15, -0.1) is 0 Å². The zero-order valence-corrected chi connectivity index (χ0v) is 19.8. The van der Waals surface area contributed by atoms with Gasteiger partial charge in [-0.3, -0.25) is 4.79 Å². The van der Waals surface area contributed by atoms with E-state index in [1.165, 1.54) is 22.3 Å². The average Bonchev–Trinajstić information content (AvgIpc) is 2.82. The molecule has 2 aromatic rings. The molecule has 1 amide bonds. The second-order valence-corrected chi connectivity index (χ2v) is 10.1. The van der Waals surface area contributed by atoms with E-state index in [0.29, 0.717) is 43.6 Å². The molecule has 8 nitrogen and oxygen atoms in total. The van der Waals surface area contributed by atoms with Crippen molar-refractivity contribution in [2.45, 2.75) is 36.1 Å². The van der Waals surface area contributed by atoms with Gasteiger partial charge in [-0.2, -0.15) is 4.31 Å². The number of aromatic nitrogens is 1. The molecule has 0 saturated carbocycles. The molecule has 0 radical (unpaired) electrons. The van der Waals surface area contributed by atoms with Gasteiger partial charge in [-0.05, 0) is 56.2 Å². The Morgan fingerprint density at radius 2 is 1.75 bits per heavy atom. The van der Waals surface area contributed by atoms with Crippen LogP contribution in [-0.4, -0.2) is 62.2 Å². The Bertz CT molecular complexity index is 960. The van der Waals surface area contributed by atoms with Crippen molar-refractivity contribution in [1.29, 1.82) is 0 Å². The van der Waals surface area contributed by atoms with Crippen molar-refractivity contribution >= 4 is 27.7 Å². The molecule has 0 aliphatic carbocycles. The van der Waals surface area contributed by atoms with Gasteiger partial charge in [0.25, 0.3) is 0 Å². The van der Waals surface area contributed by atoms with Gasteiger partial charge in [0.2, 0.25) is 15.9 Å². The lowest BCUT2D eigenvalue weighted by atomic mass is 10.2. The average molecular weight is 480 g/mol. The molecule has 32 heavy (non-hydrogen) atoms. The van der Waals surface area contributed by atoms with Crippen LogP contribution in [-0.2, 0) is 14.8 Å². The standard InChI is InChI=1S/C22H29N3O5S2/c1-2-29-18-6-8-19(9-7-18)30-15-12-23-21(26)17-31-22-11-10-20(16-24-22)32(27,28)25-13-4-3-5-14-25/h6-11,16H,2-5,12-15,17H2,1H3,(H,23,26). The third-order valence-corrected chi connectivity index (χ3v) is 7.67. The lowest BCUT2D eigenvalue weighted by molar-refractivity contribution is -0.118. The molecule has 1 aliphatic heterocycles. The monoisotopic (exact) mass is 479 g/mol. The SMILES string of the molecule is CCOc1ccc(OCCNC(=O)CSc2ccc(S(=O)(=O)N3CCCCC3)cn2)cc1. The van der Waals surface area contributed by atoms with Gasteiger partial charge in [0.05, 0.1) is 23.9 Å². The zero-order valence-electron chi connectivity index (χ0n) is 18.2. The smallest absolute Gasteiger partial charge is 0.244 e. The highest BCUT2D eigenvalue weighted by molar-refractivity contribution is 7.99. The number of thioether (sulfide) groups is 1. The highest BCUT2D eigenvalue weighted by atomic mass is 32.2. The van der Waals surface area contributed by atoms with Crippen LogP contribution in [0.1, 0.15) is 26.2 Å². The molecule has 1 N–H and O–H groups in total. The molecule has 1 saturated heterocycles. The van der Waals surface area contributed by atoms with Crippen molar-refractivity contribution in [2.75, 3.05) is 38.6 Å². The molecule has 10 heteroatoms. The number of benzene rings is 1. The number of sulfonamides is 1. The molecule has 1 aromatic carbocycles. The van der Waals surface area contributed by atoms with Gasteiger partial charge in [0.15, 0.2) is 0 Å². The Morgan fingerprint density at radius 1 is 1.06 bits per heavy atom. The summed E-state index contributed by atoms with van der Waals surface area (Å²) < 4.78 is 37.8. The first-order valence-electron chi connectivity index (χ1n) is 10.7. The summed E-state index contributed by atoms with van der Waals surface area (Å²) in [6.45, 7) is 4.39. The minimum Gasteiger partial charge on any atom is -0.494 e. The van der Waals surface area contributed by atoms with Crippen LogP contribution in [0, 0.1) is 0 Å². The number of rotatable bonds is 11. The number of amides is 1. The summed E-state index contributed by atoms with van der Waals surface area (Å²) in [6.07, 6.45) is 4.21. The first-order valence-corrected chi connectivity index (χ1v) is 13.1. The summed E-state index contributed by atoms with van der Waals surface area (Å²) in [4.78, 5) is 16.4. The number of carbonyl (C=O) groups is 1. The maximum absolute atomic E-state index is 12.7. The zero-order chi connectivity index (χ0) is 22.8. The lowest BCUT2D eigenvalue weighted by Gasteiger charge is -2.25. The number of piperidine rings is 1. The van der Waals surface area contributed by atoms with E-state index in [0.717, 1.165) is 25.0 Å². The summed E-state index contributed by atoms with van der Waals surface area (Å²) in [6, 6.07) is 10.5. The third-order valence-electron chi connectivity index (χ3n) is 4.84. The fourth-order valence-electron chi connectivity index (χ4n) is 3.21. The predicted molar refractivity (Wildman–Crippen MR) is 124 cm³/mol. The van der Waals surface area contributed by atoms with Crippen LogP contribution in [0.25, 0.3) is 0 Å². The van der Waals surface area contributed by atoms with Gasteiger partial charge in [-0.1, -0.05) is 18.2 Å². The number of hydrogen-bond acceptors (Lipinski definition) is 7. The predicted octanol–water partition coefficient (Wildman–Crippen LogP) is 2.94. The fraction of sp³-hybridized carbons (Fsp3) is 0.455. The third kappa shape index (κ3) is 7.11. The Morgan fingerprint density at radius 3 is 2.38 bits per heavy atom. The van der Waals surface area contributed by atoms with Crippen LogP contribution < -0.4 is 14.8 Å². The number of ether oxygens (including phenoxy) is 2. The first kappa shape index (κ1) is 24.3. The minimum absolute atomic E-state index is 0.142. The van der Waals surface area contributed by atoms with Crippen molar-refractivity contribution in [3.05, 3.63) is 42.6 Å². The maximum Gasteiger partial charge on any atom is 0.244 e. The molecule has 3 rings (SSSR count). The van der Waals surface area contributed by atoms with Crippen LogP contribution in [0.15, 0.2) is 52.5 Å². The van der Waals surface area contributed by atoms with Crippen molar-refractivity contribution < 1.29 is 22.7 Å². The normalized spacial score (nSPS) is 14.7. The number of pyridine rings is 1. The van der Waals surface area contributed by atoms with E-state index in [1.54, 1.807) is 12.1 Å². The van der Waals surface area contributed by atoms with Gasteiger partial charge < -0.3 is 14.8 Å². The van der Waals surface area contributed by atoms with Gasteiger partial charge >= 0.3 is 0 Å². The topological polar surface area (TPSA) is 97.8 Å². The summed E-state index contributed by atoms with van der Waals surface area (Å²) in [5.41, 5.74) is 0. The van der Waals surface area contributed by atoms with Crippen LogP contribution in [0.2, 0.25) is 0 Å². The number of nitrogens with one attached hydrogen (secondary N) is 1. The quantitative estimate of drug-likeness (QED) is 0.391. The molecule has 0 bridgehead atoms. The second-order valence-electron chi connectivity index (χ2n) is 7.19. The van der Waals surface area contributed by atoms with E-state index < -0.39 is 10.0 Å². The Hall–Kier alpha value is -2.30. The number of nitrogens with zero attached hydrogens (tertiary/aromatic N) is 2. The Labute approximate surface area is 193 Å². The van der Waals surface area contributed by atoms with Gasteiger partial charge in [-0.25, -0.2) is 13.4 Å². The molecule has 1 aliphatic rings. The molecular formula is C22H29N3O5S2. The minimum atomic E-state index is -3.49. The Balaban J connectivity index is 1.37. The maximum atomic E-state index is 12.7. The number of hydrogen-bond donors (Lipinski definition) is 1. The molecule has 174 valence electrons. The van der Waals surface area contributed by atoms with Gasteiger partial charge in [0, 0.05) is 19.3 Å². The largest absolute Gasteiger partial charge is 0.494 e. The number of carbonyl (C=O) groups excluding carboxylic acids is 1. The molecule has 0 atom stereocenters. The van der Waals surface area contributed by atoms with Crippen LogP contribution in [0.4, 0.5) is 0 Å². The van der Waals surface area contributed by atoms with Crippen molar-refractivity contribution in [3.8, 4) is 11.5 Å². The Kier molecular flexibility index (Phi) is 9.19. The summed E-state index contributed by atoms with van der Waals surface area (Å²) in [7, 11) is -3.49. The molecular weight excluding hydrogens is 450 g/mol. The summed E-state index contributed by atoms with van der Waals surface area (Å²) in [5, 5.41) is 3.39. The summed E-state index contributed by atoms with van der Waals surface area (Å²) >= 11 is 1.26. The molecule has 2 heterocycles. The second kappa shape index (κ2) is 12.1. The van der Waals surface area contributed by atoms with Crippen LogP contribution in [0.5, 0.6) is 11.5 Å². The van der Waals surface area contributed by atoms with E-state index in [9.17, 15) is 13.2 Å². The molecule has 1 aromatic heterocycles. The van der Waals surface area contributed by atoms with Crippen LogP contribution in [0.3, 0.4) is 0 Å². The fourth-order valence-corrected chi connectivity index (χ4v) is 5.34. The van der Waals surface area contributed by atoms with E-state index in [-0.39, 0.29) is 16.6 Å². The van der Waals surface area contributed by atoms with E-state index in [2.05, 4.69) is 10.3 Å². The molecule has 1 fully saturated rings. The van der Waals surface area contributed by atoms with E-state index >= 15 is 0 Å². The van der Waals surface area contributed by atoms with Crippen LogP contribution >= 0.6 is 11.8 Å². The molecule has 0 spiro atoms. The first-order chi connectivity index (χ1) is 15.5. The molecule has 0 unspecified atom stereocenters. The van der Waals surface area contributed by atoms with Gasteiger partial charge in [0.1, 0.15) is 23.0 Å². The van der Waals surface area contributed by atoms with Crippen molar-refractivity contribution in [1.82, 2.24) is 14.6 Å².